The Balaban J connectivity index is 2.25. The number of carboxylic acids is 1. The molecule has 0 atom stereocenters. The summed E-state index contributed by atoms with van der Waals surface area (Å²) in [6.07, 6.45) is 1.21. The first-order chi connectivity index (χ1) is 9.47. The Morgan fingerprint density at radius 2 is 1.95 bits per heavy atom. The van der Waals surface area contributed by atoms with E-state index in [9.17, 15) is 19.1 Å². The molecule has 0 bridgehead atoms. The third-order valence-electron chi connectivity index (χ3n) is 2.44. The third kappa shape index (κ3) is 2.89. The van der Waals surface area contributed by atoms with Gasteiger partial charge in [0.1, 0.15) is 17.3 Å². The summed E-state index contributed by atoms with van der Waals surface area (Å²) in [5.74, 6) is -3.05. The largest absolute Gasteiger partial charge is 0.507 e. The number of rotatable bonds is 3. The number of carbonyl (C=O) groups is 2. The van der Waals surface area contributed by atoms with Crippen LogP contribution in [0.5, 0.6) is 5.75 Å². The zero-order valence-corrected chi connectivity index (χ0v) is 10.0. The van der Waals surface area contributed by atoms with Gasteiger partial charge in [0.2, 0.25) is 0 Å². The maximum absolute atomic E-state index is 13.0. The smallest absolute Gasteiger partial charge is 0.354 e. The van der Waals surface area contributed by atoms with Gasteiger partial charge in [0, 0.05) is 11.9 Å². The van der Waals surface area contributed by atoms with E-state index in [0.717, 1.165) is 24.3 Å². The summed E-state index contributed by atoms with van der Waals surface area (Å²) in [6.45, 7) is 0. The van der Waals surface area contributed by atoms with Gasteiger partial charge in [-0.05, 0) is 30.3 Å². The van der Waals surface area contributed by atoms with Crippen molar-refractivity contribution >= 4 is 17.6 Å². The molecule has 0 aliphatic carbocycles. The van der Waals surface area contributed by atoms with Crippen molar-refractivity contribution in [2.24, 2.45) is 0 Å². The molecule has 0 aliphatic rings. The lowest BCUT2D eigenvalue weighted by atomic mass is 10.1. The molecule has 0 saturated carbocycles. The molecule has 0 radical (unpaired) electrons. The van der Waals surface area contributed by atoms with Crippen LogP contribution in [0.15, 0.2) is 36.5 Å². The number of phenols is 1. The molecule has 20 heavy (non-hydrogen) atoms. The average Bonchev–Trinajstić information content (AvgIpc) is 2.41. The van der Waals surface area contributed by atoms with Gasteiger partial charge in [0.15, 0.2) is 0 Å². The molecule has 0 unspecified atom stereocenters. The SMILES string of the molecule is O=C(O)c1cc(NC(=O)c2cc(F)ccc2O)ccn1. The molecule has 1 aromatic heterocycles. The first kappa shape index (κ1) is 13.5. The number of carbonyl (C=O) groups excluding carboxylic acids is 1. The van der Waals surface area contributed by atoms with Crippen molar-refractivity contribution in [2.45, 2.75) is 0 Å². The van der Waals surface area contributed by atoms with E-state index < -0.39 is 17.7 Å². The second-order valence-corrected chi connectivity index (χ2v) is 3.85. The normalized spacial score (nSPS) is 10.1. The maximum Gasteiger partial charge on any atom is 0.354 e. The van der Waals surface area contributed by atoms with E-state index in [1.54, 1.807) is 0 Å². The molecule has 3 N–H and O–H groups in total. The fraction of sp³-hybridized carbons (Fsp3) is 0. The van der Waals surface area contributed by atoms with Gasteiger partial charge in [-0.1, -0.05) is 0 Å². The number of aromatic hydroxyl groups is 1. The fourth-order valence-corrected chi connectivity index (χ4v) is 1.51. The van der Waals surface area contributed by atoms with E-state index in [0.29, 0.717) is 0 Å². The van der Waals surface area contributed by atoms with Crippen molar-refractivity contribution in [1.29, 1.82) is 0 Å². The highest BCUT2D eigenvalue weighted by atomic mass is 19.1. The van der Waals surface area contributed by atoms with Crippen LogP contribution in [0.3, 0.4) is 0 Å². The Kier molecular flexibility index (Phi) is 3.60. The highest BCUT2D eigenvalue weighted by molar-refractivity contribution is 6.06. The number of aromatic nitrogens is 1. The summed E-state index contributed by atoms with van der Waals surface area (Å²) >= 11 is 0. The number of nitrogens with zero attached hydrogens (tertiary/aromatic N) is 1. The molecule has 1 heterocycles. The highest BCUT2D eigenvalue weighted by Gasteiger charge is 2.13. The van der Waals surface area contributed by atoms with Gasteiger partial charge in [0.05, 0.1) is 5.56 Å². The van der Waals surface area contributed by atoms with E-state index in [-0.39, 0.29) is 22.7 Å². The van der Waals surface area contributed by atoms with E-state index in [4.69, 9.17) is 5.11 Å². The molecule has 0 spiro atoms. The summed E-state index contributed by atoms with van der Waals surface area (Å²) in [7, 11) is 0. The second kappa shape index (κ2) is 5.35. The number of anilines is 1. The molecule has 2 aromatic rings. The minimum absolute atomic E-state index is 0.172. The minimum Gasteiger partial charge on any atom is -0.507 e. The zero-order valence-electron chi connectivity index (χ0n) is 10.0. The van der Waals surface area contributed by atoms with Crippen LogP contribution in [0.2, 0.25) is 0 Å². The molecule has 102 valence electrons. The lowest BCUT2D eigenvalue weighted by Gasteiger charge is -2.07. The molecule has 0 saturated heterocycles. The van der Waals surface area contributed by atoms with Crippen LogP contribution < -0.4 is 5.32 Å². The van der Waals surface area contributed by atoms with E-state index in [1.165, 1.54) is 12.3 Å². The summed E-state index contributed by atoms with van der Waals surface area (Å²) in [5.41, 5.74) is -0.323. The van der Waals surface area contributed by atoms with Crippen LogP contribution in [0.1, 0.15) is 20.8 Å². The molecular weight excluding hydrogens is 267 g/mol. The Bertz CT molecular complexity index is 688. The van der Waals surface area contributed by atoms with Gasteiger partial charge in [-0.25, -0.2) is 14.2 Å². The zero-order chi connectivity index (χ0) is 14.7. The fourth-order valence-electron chi connectivity index (χ4n) is 1.51. The van der Waals surface area contributed by atoms with Crippen molar-refractivity contribution in [1.82, 2.24) is 4.98 Å². The van der Waals surface area contributed by atoms with Crippen molar-refractivity contribution in [3.8, 4) is 5.75 Å². The van der Waals surface area contributed by atoms with Crippen LogP contribution in [0.25, 0.3) is 0 Å². The highest BCUT2D eigenvalue weighted by Crippen LogP contribution is 2.19. The molecule has 1 amide bonds. The number of pyridine rings is 1. The third-order valence-corrected chi connectivity index (χ3v) is 2.44. The summed E-state index contributed by atoms with van der Waals surface area (Å²) in [4.78, 5) is 26.2. The molecule has 6 nitrogen and oxygen atoms in total. The van der Waals surface area contributed by atoms with Crippen LogP contribution in [0, 0.1) is 5.82 Å². The Labute approximate surface area is 112 Å². The number of hydrogen-bond acceptors (Lipinski definition) is 4. The summed E-state index contributed by atoms with van der Waals surface area (Å²) < 4.78 is 13.0. The van der Waals surface area contributed by atoms with Gasteiger partial charge < -0.3 is 15.5 Å². The lowest BCUT2D eigenvalue weighted by Crippen LogP contribution is -2.13. The molecular formula is C13H9FN2O4. The van der Waals surface area contributed by atoms with Gasteiger partial charge >= 0.3 is 5.97 Å². The number of aromatic carboxylic acids is 1. The number of amides is 1. The van der Waals surface area contributed by atoms with Gasteiger partial charge in [0.25, 0.3) is 5.91 Å². The molecule has 7 heteroatoms. The average molecular weight is 276 g/mol. The maximum atomic E-state index is 13.0. The Morgan fingerprint density at radius 1 is 1.20 bits per heavy atom. The van der Waals surface area contributed by atoms with Gasteiger partial charge in [-0.15, -0.1) is 0 Å². The minimum atomic E-state index is -1.24. The first-order valence-electron chi connectivity index (χ1n) is 5.46. The predicted octanol–water partition coefficient (Wildman–Crippen LogP) is 1.88. The van der Waals surface area contributed by atoms with E-state index in [2.05, 4.69) is 10.3 Å². The second-order valence-electron chi connectivity index (χ2n) is 3.85. The lowest BCUT2D eigenvalue weighted by molar-refractivity contribution is 0.0690. The van der Waals surface area contributed by atoms with Crippen molar-refractivity contribution in [3.63, 3.8) is 0 Å². The number of carboxylic acid groups (broad SMARTS) is 1. The van der Waals surface area contributed by atoms with Crippen LogP contribution >= 0.6 is 0 Å². The summed E-state index contributed by atoms with van der Waals surface area (Å²) in [6, 6.07) is 5.47. The van der Waals surface area contributed by atoms with Crippen molar-refractivity contribution < 1.29 is 24.2 Å². The predicted molar refractivity (Wildman–Crippen MR) is 67.2 cm³/mol. The number of hydrogen-bond donors (Lipinski definition) is 3. The van der Waals surface area contributed by atoms with Gasteiger partial charge in [-0.2, -0.15) is 0 Å². The number of nitrogens with one attached hydrogen (secondary N) is 1. The molecule has 0 aliphatic heterocycles. The Morgan fingerprint density at radius 3 is 2.65 bits per heavy atom. The van der Waals surface area contributed by atoms with Crippen LogP contribution in [0.4, 0.5) is 10.1 Å². The Hall–Kier alpha value is -2.96. The van der Waals surface area contributed by atoms with Crippen LogP contribution in [-0.4, -0.2) is 27.1 Å². The molecule has 2 rings (SSSR count). The van der Waals surface area contributed by atoms with E-state index in [1.807, 2.05) is 0 Å². The standard InChI is InChI=1S/C13H9FN2O4/c14-7-1-2-11(17)9(5-7)12(18)16-8-3-4-15-10(6-8)13(19)20/h1-6,17H,(H,19,20)(H,15,16,18). The van der Waals surface area contributed by atoms with Crippen LogP contribution in [-0.2, 0) is 0 Å². The van der Waals surface area contributed by atoms with Gasteiger partial charge in [-0.3, -0.25) is 4.79 Å². The number of benzene rings is 1. The van der Waals surface area contributed by atoms with Crippen molar-refractivity contribution in [3.05, 3.63) is 53.6 Å². The topological polar surface area (TPSA) is 99.5 Å². The monoisotopic (exact) mass is 276 g/mol. The van der Waals surface area contributed by atoms with Crippen molar-refractivity contribution in [2.75, 3.05) is 5.32 Å². The summed E-state index contributed by atoms with van der Waals surface area (Å²) in [5, 5.41) is 20.6. The molecule has 1 aromatic carbocycles. The van der Waals surface area contributed by atoms with E-state index >= 15 is 0 Å². The first-order valence-corrected chi connectivity index (χ1v) is 5.46. The number of halogens is 1. The molecule has 0 fully saturated rings. The number of phenolic OH excluding ortho intramolecular Hbond substituents is 1. The quantitative estimate of drug-likeness (QED) is 0.794.